The van der Waals surface area contributed by atoms with E-state index in [1.54, 1.807) is 12.1 Å². The molecule has 0 saturated heterocycles. The fourth-order valence-electron chi connectivity index (χ4n) is 1.50. The predicted molar refractivity (Wildman–Crippen MR) is 76.4 cm³/mol. The summed E-state index contributed by atoms with van der Waals surface area (Å²) in [7, 11) is -3.80. The number of anilines is 2. The van der Waals surface area contributed by atoms with Gasteiger partial charge in [-0.05, 0) is 24.1 Å². The molecule has 0 amide bonds. The van der Waals surface area contributed by atoms with Crippen LogP contribution in [0.3, 0.4) is 0 Å². The predicted octanol–water partition coefficient (Wildman–Crippen LogP) is 1.00. The van der Waals surface area contributed by atoms with Gasteiger partial charge in [0.05, 0.1) is 12.3 Å². The van der Waals surface area contributed by atoms with Gasteiger partial charge in [-0.25, -0.2) is 13.6 Å². The first-order chi connectivity index (χ1) is 8.80. The molecule has 0 aromatic heterocycles. The summed E-state index contributed by atoms with van der Waals surface area (Å²) in [6.07, 6.45) is 0. The fourth-order valence-corrected chi connectivity index (χ4v) is 2.24. The maximum Gasteiger partial charge on any atom is 0.240 e. The lowest BCUT2D eigenvalue weighted by atomic mass is 10.2. The zero-order valence-electron chi connectivity index (χ0n) is 11.2. The summed E-state index contributed by atoms with van der Waals surface area (Å²) in [4.78, 5) is -0.00337. The summed E-state index contributed by atoms with van der Waals surface area (Å²) in [6.45, 7) is 5.79. The average Bonchev–Trinajstić information content (AvgIpc) is 2.28. The van der Waals surface area contributed by atoms with E-state index in [0.717, 1.165) is 0 Å². The van der Waals surface area contributed by atoms with Crippen LogP contribution < -0.4 is 16.2 Å². The molecule has 5 N–H and O–H groups in total. The largest absolute Gasteiger partial charge is 0.399 e. The first kappa shape index (κ1) is 15.7. The zero-order chi connectivity index (χ0) is 14.5. The molecule has 0 spiro atoms. The molecular weight excluding hydrogens is 266 g/mol. The van der Waals surface area contributed by atoms with Crippen molar-refractivity contribution < 1.29 is 13.2 Å². The van der Waals surface area contributed by atoms with Gasteiger partial charge < -0.3 is 15.8 Å². The first-order valence-electron chi connectivity index (χ1n) is 6.04. The van der Waals surface area contributed by atoms with Gasteiger partial charge in [0.25, 0.3) is 0 Å². The molecule has 0 bridgehead atoms. The summed E-state index contributed by atoms with van der Waals surface area (Å²) < 4.78 is 28.3. The molecule has 0 heterocycles. The van der Waals surface area contributed by atoms with Gasteiger partial charge in [-0.1, -0.05) is 13.8 Å². The third-order valence-corrected chi connectivity index (χ3v) is 3.28. The van der Waals surface area contributed by atoms with Gasteiger partial charge in [-0.3, -0.25) is 0 Å². The van der Waals surface area contributed by atoms with Crippen molar-refractivity contribution in [1.82, 2.24) is 0 Å². The lowest BCUT2D eigenvalue weighted by Crippen LogP contribution is -2.17. The molecule has 0 saturated carbocycles. The minimum absolute atomic E-state index is 0.00337. The number of nitrogens with one attached hydrogen (secondary N) is 1. The van der Waals surface area contributed by atoms with E-state index in [-0.39, 0.29) is 4.90 Å². The van der Waals surface area contributed by atoms with Gasteiger partial charge >= 0.3 is 0 Å². The Balaban J connectivity index is 2.64. The topological polar surface area (TPSA) is 107 Å². The Labute approximate surface area is 114 Å². The molecule has 0 atom stereocenters. The lowest BCUT2D eigenvalue weighted by molar-refractivity contribution is 0.118. The molecule has 0 aliphatic carbocycles. The molecule has 1 aromatic carbocycles. The van der Waals surface area contributed by atoms with E-state index in [9.17, 15) is 8.42 Å². The van der Waals surface area contributed by atoms with E-state index in [0.29, 0.717) is 37.1 Å². The second kappa shape index (κ2) is 6.74. The SMILES string of the molecule is CC(C)COCCNc1ccc(N)cc1S(N)(=O)=O. The average molecular weight is 287 g/mol. The molecule has 7 heteroatoms. The van der Waals surface area contributed by atoms with Gasteiger partial charge in [0, 0.05) is 18.8 Å². The molecule has 1 aromatic rings. The van der Waals surface area contributed by atoms with Crippen LogP contribution in [0.4, 0.5) is 11.4 Å². The van der Waals surface area contributed by atoms with Gasteiger partial charge in [-0.15, -0.1) is 0 Å². The fraction of sp³-hybridized carbons (Fsp3) is 0.500. The Kier molecular flexibility index (Phi) is 5.59. The minimum Gasteiger partial charge on any atom is -0.399 e. The van der Waals surface area contributed by atoms with E-state index in [4.69, 9.17) is 15.6 Å². The molecule has 0 aliphatic rings. The summed E-state index contributed by atoms with van der Waals surface area (Å²) in [5, 5.41) is 8.12. The Bertz CT molecular complexity index is 515. The van der Waals surface area contributed by atoms with E-state index in [1.807, 2.05) is 0 Å². The van der Waals surface area contributed by atoms with Crippen LogP contribution in [0.25, 0.3) is 0 Å². The number of rotatable bonds is 7. The summed E-state index contributed by atoms with van der Waals surface area (Å²) in [6, 6.07) is 4.55. The number of hydrogen-bond donors (Lipinski definition) is 3. The highest BCUT2D eigenvalue weighted by Crippen LogP contribution is 2.22. The molecule has 6 nitrogen and oxygen atoms in total. The maximum atomic E-state index is 11.4. The van der Waals surface area contributed by atoms with E-state index in [2.05, 4.69) is 19.2 Å². The minimum atomic E-state index is -3.80. The number of ether oxygens (including phenoxy) is 1. The van der Waals surface area contributed by atoms with Crippen molar-refractivity contribution in [2.45, 2.75) is 18.7 Å². The number of nitrogen functional groups attached to an aromatic ring is 1. The molecule has 0 radical (unpaired) electrons. The van der Waals surface area contributed by atoms with Crippen LogP contribution in [-0.2, 0) is 14.8 Å². The summed E-state index contributed by atoms with van der Waals surface area (Å²) in [5.74, 6) is 0.469. The normalized spacial score (nSPS) is 11.8. The Morgan fingerprint density at radius 1 is 1.37 bits per heavy atom. The van der Waals surface area contributed by atoms with Crippen molar-refractivity contribution in [3.63, 3.8) is 0 Å². The zero-order valence-corrected chi connectivity index (χ0v) is 12.0. The van der Waals surface area contributed by atoms with Crippen LogP contribution in [0.15, 0.2) is 23.1 Å². The molecule has 0 unspecified atom stereocenters. The highest BCUT2D eigenvalue weighted by atomic mass is 32.2. The van der Waals surface area contributed by atoms with Gasteiger partial charge in [0.1, 0.15) is 4.90 Å². The number of benzene rings is 1. The molecular formula is C12H21N3O3S. The van der Waals surface area contributed by atoms with E-state index < -0.39 is 10.0 Å². The van der Waals surface area contributed by atoms with Crippen molar-refractivity contribution in [3.05, 3.63) is 18.2 Å². The van der Waals surface area contributed by atoms with Crippen molar-refractivity contribution >= 4 is 21.4 Å². The van der Waals surface area contributed by atoms with Crippen molar-refractivity contribution in [2.24, 2.45) is 11.1 Å². The standard InChI is InChI=1S/C12H21N3O3S/c1-9(2)8-18-6-5-15-11-4-3-10(13)7-12(11)19(14,16)17/h3-4,7,9,15H,5-6,8,13H2,1-2H3,(H2,14,16,17). The number of primary sulfonamides is 1. The van der Waals surface area contributed by atoms with Crippen molar-refractivity contribution in [3.8, 4) is 0 Å². The van der Waals surface area contributed by atoms with Gasteiger partial charge in [0.15, 0.2) is 0 Å². The van der Waals surface area contributed by atoms with Crippen LogP contribution in [0.5, 0.6) is 0 Å². The Hall–Kier alpha value is -1.31. The summed E-state index contributed by atoms with van der Waals surface area (Å²) in [5.41, 5.74) is 6.35. The Morgan fingerprint density at radius 2 is 2.05 bits per heavy atom. The van der Waals surface area contributed by atoms with Gasteiger partial charge in [0.2, 0.25) is 10.0 Å². The molecule has 0 fully saturated rings. The summed E-state index contributed by atoms with van der Waals surface area (Å²) >= 11 is 0. The molecule has 19 heavy (non-hydrogen) atoms. The molecule has 108 valence electrons. The highest BCUT2D eigenvalue weighted by Gasteiger charge is 2.14. The second-order valence-corrected chi connectivity index (χ2v) is 6.23. The quantitative estimate of drug-likeness (QED) is 0.512. The smallest absolute Gasteiger partial charge is 0.240 e. The highest BCUT2D eigenvalue weighted by molar-refractivity contribution is 7.89. The molecule has 1 rings (SSSR count). The van der Waals surface area contributed by atoms with Crippen molar-refractivity contribution in [1.29, 1.82) is 0 Å². The van der Waals surface area contributed by atoms with Crippen LogP contribution in [0.1, 0.15) is 13.8 Å². The van der Waals surface area contributed by atoms with Crippen LogP contribution in [0.2, 0.25) is 0 Å². The van der Waals surface area contributed by atoms with Crippen LogP contribution in [0, 0.1) is 5.92 Å². The number of hydrogen-bond acceptors (Lipinski definition) is 5. The maximum absolute atomic E-state index is 11.4. The first-order valence-corrected chi connectivity index (χ1v) is 7.59. The third kappa shape index (κ3) is 5.46. The monoisotopic (exact) mass is 287 g/mol. The second-order valence-electron chi connectivity index (χ2n) is 4.70. The molecule has 0 aliphatic heterocycles. The van der Waals surface area contributed by atoms with E-state index in [1.165, 1.54) is 6.07 Å². The van der Waals surface area contributed by atoms with Gasteiger partial charge in [-0.2, -0.15) is 0 Å². The lowest BCUT2D eigenvalue weighted by Gasteiger charge is -2.12. The van der Waals surface area contributed by atoms with Crippen molar-refractivity contribution in [2.75, 3.05) is 30.8 Å². The number of nitrogens with two attached hydrogens (primary N) is 2. The number of sulfonamides is 1. The Morgan fingerprint density at radius 3 is 2.63 bits per heavy atom. The van der Waals surface area contributed by atoms with Crippen LogP contribution >= 0.6 is 0 Å². The van der Waals surface area contributed by atoms with Crippen LogP contribution in [-0.4, -0.2) is 28.2 Å². The third-order valence-electron chi connectivity index (χ3n) is 2.33. The van der Waals surface area contributed by atoms with E-state index >= 15 is 0 Å².